The van der Waals surface area contributed by atoms with Crippen LogP contribution in [-0.4, -0.2) is 48.0 Å². The summed E-state index contributed by atoms with van der Waals surface area (Å²) < 4.78 is 12.9. The molecule has 1 rings (SSSR count). The van der Waals surface area contributed by atoms with Gasteiger partial charge < -0.3 is 14.1 Å². The van der Waals surface area contributed by atoms with E-state index in [1.807, 2.05) is 25.7 Å². The molecule has 1 saturated heterocycles. The van der Waals surface area contributed by atoms with Gasteiger partial charge in [-0.25, -0.2) is 4.79 Å². The topological polar surface area (TPSA) is 38.8 Å². The molecule has 0 aliphatic carbocycles. The summed E-state index contributed by atoms with van der Waals surface area (Å²) in [6, 6.07) is 0.213. The molecule has 0 radical (unpaired) electrons. The number of amides is 1. The molecule has 1 aliphatic rings. The summed E-state index contributed by atoms with van der Waals surface area (Å²) in [6.45, 7) is 17.6. The smallest absolute Gasteiger partial charge is 0.410 e. The van der Waals surface area contributed by atoms with Gasteiger partial charge in [-0.3, -0.25) is 0 Å². The highest BCUT2D eigenvalue weighted by atomic mass is 127. The highest BCUT2D eigenvalue weighted by molar-refractivity contribution is 14.1. The number of nitrogens with zero attached hydrogens (tertiary/aromatic N) is 1. The highest BCUT2D eigenvalue weighted by Gasteiger charge is 2.44. The lowest BCUT2D eigenvalue weighted by Gasteiger charge is -2.38. The van der Waals surface area contributed by atoms with Gasteiger partial charge in [0.1, 0.15) is 5.60 Å². The van der Waals surface area contributed by atoms with Gasteiger partial charge in [-0.1, -0.05) is 43.4 Å². The normalized spacial score (nSPS) is 23.8. The zero-order valence-corrected chi connectivity index (χ0v) is 18.5. The maximum Gasteiger partial charge on any atom is 0.410 e. The van der Waals surface area contributed by atoms with Crippen LogP contribution in [0.15, 0.2) is 0 Å². The minimum atomic E-state index is -1.80. The Morgan fingerprint density at radius 1 is 1.23 bits per heavy atom. The van der Waals surface area contributed by atoms with Crippen molar-refractivity contribution in [3.8, 4) is 0 Å². The minimum Gasteiger partial charge on any atom is -0.444 e. The molecule has 2 atom stereocenters. The van der Waals surface area contributed by atoms with Crippen molar-refractivity contribution in [1.82, 2.24) is 4.90 Å². The number of halogens is 1. The third kappa shape index (κ3) is 5.37. The van der Waals surface area contributed by atoms with E-state index in [2.05, 4.69) is 56.5 Å². The van der Waals surface area contributed by atoms with Gasteiger partial charge in [-0.05, 0) is 45.3 Å². The second-order valence-electron chi connectivity index (χ2n) is 8.68. The minimum absolute atomic E-state index is 0.133. The van der Waals surface area contributed by atoms with E-state index in [-0.39, 0.29) is 23.3 Å². The van der Waals surface area contributed by atoms with Crippen molar-refractivity contribution >= 4 is 37.0 Å². The van der Waals surface area contributed by atoms with Gasteiger partial charge in [0.2, 0.25) is 0 Å². The van der Waals surface area contributed by atoms with Crippen LogP contribution in [0.4, 0.5) is 4.79 Å². The first-order chi connectivity index (χ1) is 9.77. The molecule has 6 heteroatoms. The number of carbonyl (C=O) groups excluding carboxylic acids is 1. The fraction of sp³-hybridized carbons (Fsp3) is 0.938. The van der Waals surface area contributed by atoms with E-state index in [0.29, 0.717) is 6.54 Å². The first kappa shape index (κ1) is 20.2. The molecular weight excluding hydrogens is 409 g/mol. The average Bonchev–Trinajstić information content (AvgIpc) is 2.67. The van der Waals surface area contributed by atoms with E-state index >= 15 is 0 Å². The second-order valence-corrected chi connectivity index (χ2v) is 14.3. The van der Waals surface area contributed by atoms with Gasteiger partial charge in [0.25, 0.3) is 0 Å². The summed E-state index contributed by atoms with van der Waals surface area (Å²) in [5, 5.41) is 0.187. The van der Waals surface area contributed by atoms with Crippen molar-refractivity contribution in [3.63, 3.8) is 0 Å². The fourth-order valence-electron chi connectivity index (χ4n) is 2.24. The van der Waals surface area contributed by atoms with Crippen LogP contribution in [-0.2, 0) is 9.16 Å². The van der Waals surface area contributed by atoms with Crippen molar-refractivity contribution in [1.29, 1.82) is 0 Å². The largest absolute Gasteiger partial charge is 0.444 e. The first-order valence-corrected chi connectivity index (χ1v) is 12.4. The van der Waals surface area contributed by atoms with Gasteiger partial charge in [0.15, 0.2) is 8.32 Å². The number of alkyl halides is 1. The summed E-state index contributed by atoms with van der Waals surface area (Å²) in [4.78, 5) is 14.3. The third-order valence-corrected chi connectivity index (χ3v) is 10.0. The lowest BCUT2D eigenvalue weighted by atomic mass is 10.2. The summed E-state index contributed by atoms with van der Waals surface area (Å²) in [5.41, 5.74) is -0.453. The predicted octanol–water partition coefficient (Wildman–Crippen LogP) is 4.82. The molecule has 1 heterocycles. The zero-order valence-electron chi connectivity index (χ0n) is 15.3. The van der Waals surface area contributed by atoms with Crippen LogP contribution < -0.4 is 0 Å². The van der Waals surface area contributed by atoms with Gasteiger partial charge in [0, 0.05) is 17.0 Å². The number of rotatable bonds is 3. The quantitative estimate of drug-likeness (QED) is 0.358. The molecule has 0 aromatic carbocycles. The third-order valence-electron chi connectivity index (χ3n) is 4.45. The Labute approximate surface area is 150 Å². The van der Waals surface area contributed by atoms with Crippen LogP contribution in [0.2, 0.25) is 18.1 Å². The van der Waals surface area contributed by atoms with E-state index in [9.17, 15) is 4.79 Å². The summed E-state index contributed by atoms with van der Waals surface area (Å²) in [5.74, 6) is 0. The molecule has 0 bridgehead atoms. The van der Waals surface area contributed by atoms with Gasteiger partial charge in [-0.2, -0.15) is 0 Å². The van der Waals surface area contributed by atoms with Crippen molar-refractivity contribution in [2.24, 2.45) is 0 Å². The Kier molecular flexibility index (Phi) is 6.40. The average molecular weight is 441 g/mol. The van der Waals surface area contributed by atoms with Gasteiger partial charge in [-0.15, -0.1) is 0 Å². The Morgan fingerprint density at radius 3 is 2.18 bits per heavy atom. The molecule has 22 heavy (non-hydrogen) atoms. The van der Waals surface area contributed by atoms with Crippen LogP contribution in [0.3, 0.4) is 0 Å². The number of ether oxygens (including phenoxy) is 1. The van der Waals surface area contributed by atoms with E-state index in [1.54, 1.807) is 0 Å². The number of likely N-dealkylation sites (tertiary alicyclic amines) is 1. The lowest BCUT2D eigenvalue weighted by molar-refractivity contribution is 0.0226. The maximum atomic E-state index is 12.4. The molecule has 1 aliphatic heterocycles. The Hall–Kier alpha value is 0.177. The van der Waals surface area contributed by atoms with E-state index in [0.717, 1.165) is 10.8 Å². The highest BCUT2D eigenvalue weighted by Crippen LogP contribution is 2.39. The summed E-state index contributed by atoms with van der Waals surface area (Å²) in [6.07, 6.45) is 0.831. The zero-order chi connectivity index (χ0) is 17.3. The molecule has 0 aromatic heterocycles. The fourth-order valence-corrected chi connectivity index (χ4v) is 4.44. The Bertz CT molecular complexity index is 401. The van der Waals surface area contributed by atoms with Gasteiger partial charge in [0.05, 0.1) is 6.10 Å². The first-order valence-electron chi connectivity index (χ1n) is 8.00. The lowest BCUT2D eigenvalue weighted by Crippen LogP contribution is -2.45. The van der Waals surface area contributed by atoms with Crippen LogP contribution in [0.25, 0.3) is 0 Å². The van der Waals surface area contributed by atoms with Crippen LogP contribution in [0.1, 0.15) is 48.0 Å². The number of hydrogen-bond donors (Lipinski definition) is 0. The predicted molar refractivity (Wildman–Crippen MR) is 102 cm³/mol. The van der Waals surface area contributed by atoms with Crippen molar-refractivity contribution in [2.45, 2.75) is 83.8 Å². The number of hydrogen-bond acceptors (Lipinski definition) is 3. The van der Waals surface area contributed by atoms with Crippen molar-refractivity contribution in [2.75, 3.05) is 11.0 Å². The Balaban J connectivity index is 2.75. The molecule has 4 nitrogen and oxygen atoms in total. The molecule has 1 amide bonds. The van der Waals surface area contributed by atoms with E-state index < -0.39 is 13.9 Å². The second kappa shape index (κ2) is 6.97. The molecule has 0 aromatic rings. The SMILES string of the molecule is CC(C)(C)OC(=O)N1C[C@H](O[Si](C)(C)C(C)(C)C)C[C@H]1CI. The van der Waals surface area contributed by atoms with Crippen molar-refractivity contribution < 1.29 is 14.0 Å². The Morgan fingerprint density at radius 2 is 1.77 bits per heavy atom. The molecule has 130 valence electrons. The molecule has 1 fully saturated rings. The monoisotopic (exact) mass is 441 g/mol. The number of carbonyl (C=O) groups is 1. The van der Waals surface area contributed by atoms with E-state index in [4.69, 9.17) is 9.16 Å². The summed E-state index contributed by atoms with van der Waals surface area (Å²) >= 11 is 2.35. The van der Waals surface area contributed by atoms with Crippen LogP contribution >= 0.6 is 22.6 Å². The maximum absolute atomic E-state index is 12.4. The van der Waals surface area contributed by atoms with Crippen molar-refractivity contribution in [3.05, 3.63) is 0 Å². The molecular formula is C16H32INO3Si. The molecule has 0 unspecified atom stereocenters. The van der Waals surface area contributed by atoms with Crippen LogP contribution in [0, 0.1) is 0 Å². The molecule has 0 N–H and O–H groups in total. The standard InChI is InChI=1S/C16H32INO3Si/c1-15(2,3)20-14(19)18-11-13(9-12(18)10-17)21-22(7,8)16(4,5)6/h12-13H,9-11H2,1-8H3/t12-,13+/m0/s1. The van der Waals surface area contributed by atoms with E-state index in [1.165, 1.54) is 0 Å². The van der Waals surface area contributed by atoms with Gasteiger partial charge >= 0.3 is 6.09 Å². The molecule has 0 spiro atoms. The van der Waals surface area contributed by atoms with Crippen LogP contribution in [0.5, 0.6) is 0 Å². The molecule has 0 saturated carbocycles. The summed E-state index contributed by atoms with van der Waals surface area (Å²) in [7, 11) is -1.80.